The van der Waals surface area contributed by atoms with Gasteiger partial charge in [0, 0.05) is 0 Å². The molecule has 1 unspecified atom stereocenters. The molecule has 7 heteroatoms. The van der Waals surface area contributed by atoms with Crippen molar-refractivity contribution < 1.29 is 14.8 Å². The Labute approximate surface area is 98.2 Å². The number of hydrogen-bond acceptors (Lipinski definition) is 4. The Hall–Kier alpha value is -1.92. The standard InChI is InChI=1S/C10H15N3O4/c1-5-10(4,9(14)15)12-7(3)8(13(16)17)6(2)11-12/h5H2,1-4H3,(H,14,15). The van der Waals surface area contributed by atoms with Gasteiger partial charge in [0.05, 0.1) is 4.92 Å². The summed E-state index contributed by atoms with van der Waals surface area (Å²) in [5.41, 5.74) is -0.887. The minimum Gasteiger partial charge on any atom is -0.479 e. The predicted octanol–water partition coefficient (Wildman–Crippen LogP) is 1.62. The maximum atomic E-state index is 11.3. The van der Waals surface area contributed by atoms with E-state index >= 15 is 0 Å². The lowest BCUT2D eigenvalue weighted by atomic mass is 9.99. The summed E-state index contributed by atoms with van der Waals surface area (Å²) in [6, 6.07) is 0. The fourth-order valence-corrected chi connectivity index (χ4v) is 1.77. The van der Waals surface area contributed by atoms with E-state index in [0.717, 1.165) is 0 Å². The summed E-state index contributed by atoms with van der Waals surface area (Å²) in [7, 11) is 0. The number of hydrogen-bond donors (Lipinski definition) is 1. The molecule has 0 saturated carbocycles. The van der Waals surface area contributed by atoms with Crippen LogP contribution in [0.3, 0.4) is 0 Å². The van der Waals surface area contributed by atoms with Gasteiger partial charge < -0.3 is 5.11 Å². The molecular weight excluding hydrogens is 226 g/mol. The first kappa shape index (κ1) is 13.1. The highest BCUT2D eigenvalue weighted by atomic mass is 16.6. The van der Waals surface area contributed by atoms with Crippen molar-refractivity contribution in [3.8, 4) is 0 Å². The van der Waals surface area contributed by atoms with Crippen LogP contribution in [0.25, 0.3) is 0 Å². The number of nitro groups is 1. The Morgan fingerprint density at radius 2 is 2.12 bits per heavy atom. The molecule has 0 saturated heterocycles. The second-order valence-electron chi connectivity index (χ2n) is 4.12. The third kappa shape index (κ3) is 1.88. The first-order chi connectivity index (χ1) is 7.75. The van der Waals surface area contributed by atoms with Gasteiger partial charge in [0.25, 0.3) is 0 Å². The summed E-state index contributed by atoms with van der Waals surface area (Å²) >= 11 is 0. The number of carboxylic acids is 1. The number of aromatic nitrogens is 2. The van der Waals surface area contributed by atoms with Crippen LogP contribution < -0.4 is 0 Å². The lowest BCUT2D eigenvalue weighted by Crippen LogP contribution is -2.39. The van der Waals surface area contributed by atoms with Gasteiger partial charge in [-0.1, -0.05) is 6.92 Å². The molecule has 0 fully saturated rings. The average Bonchev–Trinajstić information content (AvgIpc) is 2.53. The van der Waals surface area contributed by atoms with Crippen LogP contribution in [0.5, 0.6) is 0 Å². The van der Waals surface area contributed by atoms with Gasteiger partial charge in [0.2, 0.25) is 0 Å². The van der Waals surface area contributed by atoms with E-state index in [4.69, 9.17) is 0 Å². The van der Waals surface area contributed by atoms with Crippen molar-refractivity contribution in [1.29, 1.82) is 0 Å². The third-order valence-electron chi connectivity index (χ3n) is 3.05. The summed E-state index contributed by atoms with van der Waals surface area (Å²) in [5.74, 6) is -1.06. The first-order valence-electron chi connectivity index (χ1n) is 5.20. The summed E-state index contributed by atoms with van der Waals surface area (Å²) in [5, 5.41) is 24.1. The highest BCUT2D eigenvalue weighted by molar-refractivity contribution is 5.76. The first-order valence-corrected chi connectivity index (χ1v) is 5.20. The van der Waals surface area contributed by atoms with E-state index in [1.165, 1.54) is 25.5 Å². The Balaban J connectivity index is 3.48. The van der Waals surface area contributed by atoms with Crippen LogP contribution in [0.15, 0.2) is 0 Å². The molecule has 0 aliphatic heterocycles. The Morgan fingerprint density at radius 1 is 1.59 bits per heavy atom. The molecule has 0 spiro atoms. The Morgan fingerprint density at radius 3 is 2.41 bits per heavy atom. The van der Waals surface area contributed by atoms with Crippen molar-refractivity contribution in [2.75, 3.05) is 0 Å². The molecule has 1 heterocycles. The van der Waals surface area contributed by atoms with E-state index in [2.05, 4.69) is 5.10 Å². The van der Waals surface area contributed by atoms with Gasteiger partial charge >= 0.3 is 11.7 Å². The van der Waals surface area contributed by atoms with E-state index in [9.17, 15) is 20.0 Å². The molecule has 1 atom stereocenters. The number of aliphatic carboxylic acids is 1. The zero-order valence-corrected chi connectivity index (χ0v) is 10.2. The Kier molecular flexibility index (Phi) is 3.21. The van der Waals surface area contributed by atoms with E-state index in [-0.39, 0.29) is 17.1 Å². The van der Waals surface area contributed by atoms with Crippen molar-refractivity contribution >= 4 is 11.7 Å². The van der Waals surface area contributed by atoms with Crippen molar-refractivity contribution in [3.63, 3.8) is 0 Å². The molecular formula is C10H15N3O4. The monoisotopic (exact) mass is 241 g/mol. The minimum atomic E-state index is -1.26. The molecule has 1 aromatic heterocycles. The molecule has 7 nitrogen and oxygen atoms in total. The summed E-state index contributed by atoms with van der Waals surface area (Å²) in [4.78, 5) is 21.6. The lowest BCUT2D eigenvalue weighted by molar-refractivity contribution is -0.386. The smallest absolute Gasteiger partial charge is 0.331 e. The molecule has 0 aliphatic carbocycles. The van der Waals surface area contributed by atoms with Gasteiger partial charge in [0.1, 0.15) is 11.4 Å². The van der Waals surface area contributed by atoms with E-state index in [0.29, 0.717) is 6.42 Å². The van der Waals surface area contributed by atoms with Gasteiger partial charge in [-0.05, 0) is 27.2 Å². The maximum Gasteiger partial charge on any atom is 0.331 e. The molecule has 0 radical (unpaired) electrons. The van der Waals surface area contributed by atoms with Gasteiger partial charge in [-0.25, -0.2) is 9.48 Å². The molecule has 1 rings (SSSR count). The average molecular weight is 241 g/mol. The van der Waals surface area contributed by atoms with E-state index in [1.54, 1.807) is 6.92 Å². The van der Waals surface area contributed by atoms with Crippen LogP contribution in [0, 0.1) is 24.0 Å². The van der Waals surface area contributed by atoms with Crippen molar-refractivity contribution in [2.24, 2.45) is 0 Å². The van der Waals surface area contributed by atoms with Crippen molar-refractivity contribution in [3.05, 3.63) is 21.5 Å². The van der Waals surface area contributed by atoms with Crippen LogP contribution in [0.2, 0.25) is 0 Å². The number of carboxylic acid groups (broad SMARTS) is 1. The Bertz CT molecular complexity index is 480. The lowest BCUT2D eigenvalue weighted by Gasteiger charge is -2.24. The zero-order valence-electron chi connectivity index (χ0n) is 10.2. The third-order valence-corrected chi connectivity index (χ3v) is 3.05. The topological polar surface area (TPSA) is 98.3 Å². The van der Waals surface area contributed by atoms with Crippen molar-refractivity contribution in [1.82, 2.24) is 9.78 Å². The summed E-state index contributed by atoms with van der Waals surface area (Å²) < 4.78 is 1.22. The molecule has 0 aliphatic rings. The number of aryl methyl sites for hydroxylation is 1. The normalized spacial score (nSPS) is 14.4. The number of nitrogens with zero attached hydrogens (tertiary/aromatic N) is 3. The largest absolute Gasteiger partial charge is 0.479 e. The molecule has 17 heavy (non-hydrogen) atoms. The highest BCUT2D eigenvalue weighted by Crippen LogP contribution is 2.29. The number of carbonyl (C=O) groups is 1. The van der Waals surface area contributed by atoms with Crippen molar-refractivity contribution in [2.45, 2.75) is 39.7 Å². The van der Waals surface area contributed by atoms with Crippen LogP contribution in [-0.4, -0.2) is 25.8 Å². The van der Waals surface area contributed by atoms with E-state index in [1.807, 2.05) is 0 Å². The van der Waals surface area contributed by atoms with Gasteiger partial charge in [-0.3, -0.25) is 10.1 Å². The zero-order chi connectivity index (χ0) is 13.4. The molecule has 0 amide bonds. The molecule has 1 N–H and O–H groups in total. The summed E-state index contributed by atoms with van der Waals surface area (Å²) in [6.45, 7) is 6.21. The molecule has 94 valence electrons. The van der Waals surface area contributed by atoms with Gasteiger partial charge in [-0.2, -0.15) is 5.10 Å². The second kappa shape index (κ2) is 4.15. The van der Waals surface area contributed by atoms with Gasteiger partial charge in [0.15, 0.2) is 5.54 Å². The fraction of sp³-hybridized carbons (Fsp3) is 0.600. The molecule has 0 aromatic carbocycles. The van der Waals surface area contributed by atoms with Crippen LogP contribution >= 0.6 is 0 Å². The van der Waals surface area contributed by atoms with Crippen LogP contribution in [-0.2, 0) is 10.3 Å². The predicted molar refractivity (Wildman–Crippen MR) is 59.9 cm³/mol. The van der Waals surface area contributed by atoms with E-state index < -0.39 is 16.4 Å². The number of rotatable bonds is 4. The molecule has 0 bridgehead atoms. The minimum absolute atomic E-state index is 0.120. The second-order valence-corrected chi connectivity index (χ2v) is 4.12. The highest BCUT2D eigenvalue weighted by Gasteiger charge is 2.38. The fourth-order valence-electron chi connectivity index (χ4n) is 1.77. The quantitative estimate of drug-likeness (QED) is 0.637. The van der Waals surface area contributed by atoms with Crippen LogP contribution in [0.4, 0.5) is 5.69 Å². The summed E-state index contributed by atoms with van der Waals surface area (Å²) in [6.07, 6.45) is 0.293. The van der Waals surface area contributed by atoms with Gasteiger partial charge in [-0.15, -0.1) is 0 Å². The van der Waals surface area contributed by atoms with Crippen LogP contribution in [0.1, 0.15) is 31.7 Å². The molecule has 1 aromatic rings. The SMILES string of the molecule is CCC(C)(C(=O)O)n1nc(C)c([N+](=O)[O-])c1C. The maximum absolute atomic E-state index is 11.3.